The monoisotopic (exact) mass is 291 g/mol. The first-order chi connectivity index (χ1) is 10.1. The van der Waals surface area contributed by atoms with E-state index in [4.69, 9.17) is 0 Å². The van der Waals surface area contributed by atoms with Gasteiger partial charge in [-0.2, -0.15) is 0 Å². The summed E-state index contributed by atoms with van der Waals surface area (Å²) in [6.07, 6.45) is 13.6. The van der Waals surface area contributed by atoms with E-state index in [9.17, 15) is 4.79 Å². The lowest BCUT2D eigenvalue weighted by Gasteiger charge is -2.38. The first-order valence-electron chi connectivity index (χ1n) is 9.06. The maximum absolute atomic E-state index is 11.7. The molecule has 2 aliphatic rings. The van der Waals surface area contributed by atoms with Crippen molar-refractivity contribution in [1.29, 1.82) is 0 Å². The van der Waals surface area contributed by atoms with Gasteiger partial charge in [0.1, 0.15) is 0 Å². The van der Waals surface area contributed by atoms with Gasteiger partial charge >= 0.3 is 0 Å². The van der Waals surface area contributed by atoms with Gasteiger partial charge < -0.3 is 5.32 Å². The van der Waals surface area contributed by atoms with Crippen LogP contribution in [0.2, 0.25) is 0 Å². The molecule has 2 aliphatic carbocycles. The van der Waals surface area contributed by atoms with E-state index in [2.05, 4.69) is 18.8 Å². The molecule has 0 unspecified atom stereocenters. The standard InChI is InChI=1S/C19H33NO/c1-4-5-15-6-8-16(9-7-15)17-10-12-18(13-11-17)20-19(21)14(2)3/h15-18H,2,4-13H2,1,3H3,(H,20,21). The highest BCUT2D eigenvalue weighted by atomic mass is 16.1. The molecule has 21 heavy (non-hydrogen) atoms. The number of carbonyl (C=O) groups is 1. The lowest BCUT2D eigenvalue weighted by Crippen LogP contribution is -2.39. The van der Waals surface area contributed by atoms with Crippen molar-refractivity contribution in [1.82, 2.24) is 5.32 Å². The summed E-state index contributed by atoms with van der Waals surface area (Å²) in [4.78, 5) is 11.7. The first-order valence-corrected chi connectivity index (χ1v) is 9.06. The molecular weight excluding hydrogens is 258 g/mol. The zero-order valence-electron chi connectivity index (χ0n) is 14.0. The summed E-state index contributed by atoms with van der Waals surface area (Å²) in [5, 5.41) is 3.13. The fraction of sp³-hybridized carbons (Fsp3) is 0.842. The third-order valence-electron chi connectivity index (χ3n) is 5.75. The molecule has 0 heterocycles. The summed E-state index contributed by atoms with van der Waals surface area (Å²) in [6, 6.07) is 0.391. The van der Waals surface area contributed by atoms with E-state index in [-0.39, 0.29) is 5.91 Å². The molecule has 2 nitrogen and oxygen atoms in total. The Kier molecular flexibility index (Phi) is 6.32. The minimum absolute atomic E-state index is 0.0403. The molecule has 0 aromatic heterocycles. The van der Waals surface area contributed by atoms with Crippen LogP contribution in [0.3, 0.4) is 0 Å². The Hall–Kier alpha value is -0.790. The van der Waals surface area contributed by atoms with Crippen LogP contribution in [0.1, 0.15) is 78.1 Å². The topological polar surface area (TPSA) is 29.1 Å². The molecule has 0 bridgehead atoms. The van der Waals surface area contributed by atoms with Gasteiger partial charge in [0.15, 0.2) is 0 Å². The van der Waals surface area contributed by atoms with E-state index in [1.165, 1.54) is 64.2 Å². The smallest absolute Gasteiger partial charge is 0.246 e. The number of amides is 1. The Morgan fingerprint density at radius 2 is 1.52 bits per heavy atom. The molecule has 0 spiro atoms. The zero-order valence-corrected chi connectivity index (χ0v) is 14.0. The summed E-state index contributed by atoms with van der Waals surface area (Å²) in [7, 11) is 0. The summed E-state index contributed by atoms with van der Waals surface area (Å²) in [5.41, 5.74) is 0.631. The predicted molar refractivity (Wildman–Crippen MR) is 89.1 cm³/mol. The average Bonchev–Trinajstić information content (AvgIpc) is 2.49. The summed E-state index contributed by atoms with van der Waals surface area (Å²) < 4.78 is 0. The minimum Gasteiger partial charge on any atom is -0.350 e. The average molecular weight is 291 g/mol. The highest BCUT2D eigenvalue weighted by Gasteiger charge is 2.30. The fourth-order valence-corrected chi connectivity index (χ4v) is 4.40. The van der Waals surface area contributed by atoms with E-state index >= 15 is 0 Å². The van der Waals surface area contributed by atoms with Crippen molar-refractivity contribution in [2.24, 2.45) is 17.8 Å². The quantitative estimate of drug-likeness (QED) is 0.721. The Labute approximate surface area is 130 Å². The predicted octanol–water partition coefficient (Wildman–Crippen LogP) is 4.84. The third-order valence-corrected chi connectivity index (χ3v) is 5.75. The van der Waals surface area contributed by atoms with Gasteiger partial charge in [-0.15, -0.1) is 0 Å². The first kappa shape index (κ1) is 16.6. The number of rotatable bonds is 5. The van der Waals surface area contributed by atoms with Gasteiger partial charge in [0, 0.05) is 11.6 Å². The molecule has 2 heteroatoms. The van der Waals surface area contributed by atoms with Crippen LogP contribution in [-0.2, 0) is 4.79 Å². The Balaban J connectivity index is 1.70. The second kappa shape index (κ2) is 8.00. The fourth-order valence-electron chi connectivity index (χ4n) is 4.40. The molecule has 1 N–H and O–H groups in total. The highest BCUT2D eigenvalue weighted by molar-refractivity contribution is 5.92. The molecule has 0 aromatic carbocycles. The molecule has 0 aromatic rings. The van der Waals surface area contributed by atoms with Crippen LogP contribution in [-0.4, -0.2) is 11.9 Å². The van der Waals surface area contributed by atoms with Crippen LogP contribution in [0.4, 0.5) is 0 Å². The molecular formula is C19H33NO. The van der Waals surface area contributed by atoms with Crippen LogP contribution >= 0.6 is 0 Å². The van der Waals surface area contributed by atoms with Crippen LogP contribution < -0.4 is 5.32 Å². The van der Waals surface area contributed by atoms with Crippen LogP contribution in [0.25, 0.3) is 0 Å². The molecule has 2 fully saturated rings. The maximum atomic E-state index is 11.7. The summed E-state index contributed by atoms with van der Waals surface area (Å²) >= 11 is 0. The Morgan fingerprint density at radius 1 is 1.00 bits per heavy atom. The lowest BCUT2D eigenvalue weighted by atomic mass is 9.69. The normalized spacial score (nSPS) is 33.4. The number of hydrogen-bond donors (Lipinski definition) is 1. The summed E-state index contributed by atoms with van der Waals surface area (Å²) in [6.45, 7) is 7.82. The molecule has 2 rings (SSSR count). The Morgan fingerprint density at radius 3 is 2.00 bits per heavy atom. The van der Waals surface area contributed by atoms with Crippen LogP contribution in [0, 0.1) is 17.8 Å². The number of carbonyl (C=O) groups excluding carboxylic acids is 1. The van der Waals surface area contributed by atoms with E-state index in [0.29, 0.717) is 11.6 Å². The molecule has 120 valence electrons. The van der Waals surface area contributed by atoms with Gasteiger partial charge in [-0.05, 0) is 63.2 Å². The van der Waals surface area contributed by atoms with Gasteiger partial charge in [0.05, 0.1) is 0 Å². The van der Waals surface area contributed by atoms with Gasteiger partial charge in [-0.25, -0.2) is 0 Å². The van der Waals surface area contributed by atoms with E-state index < -0.39 is 0 Å². The second-order valence-corrected chi connectivity index (χ2v) is 7.43. The largest absolute Gasteiger partial charge is 0.350 e. The van der Waals surface area contributed by atoms with E-state index in [1.807, 2.05) is 0 Å². The third kappa shape index (κ3) is 4.86. The summed E-state index contributed by atoms with van der Waals surface area (Å²) in [5.74, 6) is 2.94. The zero-order chi connectivity index (χ0) is 15.2. The maximum Gasteiger partial charge on any atom is 0.246 e. The number of nitrogens with one attached hydrogen (secondary N) is 1. The molecule has 1 amide bonds. The van der Waals surface area contributed by atoms with Gasteiger partial charge in [0.25, 0.3) is 0 Å². The lowest BCUT2D eigenvalue weighted by molar-refractivity contribution is -0.118. The van der Waals surface area contributed by atoms with E-state index in [0.717, 1.165) is 17.8 Å². The van der Waals surface area contributed by atoms with Crippen molar-refractivity contribution in [3.8, 4) is 0 Å². The van der Waals surface area contributed by atoms with Gasteiger partial charge in [-0.1, -0.05) is 39.2 Å². The van der Waals surface area contributed by atoms with Crippen molar-refractivity contribution in [3.05, 3.63) is 12.2 Å². The van der Waals surface area contributed by atoms with Crippen molar-refractivity contribution in [2.75, 3.05) is 0 Å². The van der Waals surface area contributed by atoms with Gasteiger partial charge in [0.2, 0.25) is 5.91 Å². The van der Waals surface area contributed by atoms with Crippen molar-refractivity contribution >= 4 is 5.91 Å². The van der Waals surface area contributed by atoms with Crippen molar-refractivity contribution < 1.29 is 4.79 Å². The van der Waals surface area contributed by atoms with Crippen molar-refractivity contribution in [3.63, 3.8) is 0 Å². The molecule has 0 atom stereocenters. The Bertz CT molecular complexity index is 347. The molecule has 0 saturated heterocycles. The SMILES string of the molecule is C=C(C)C(=O)NC1CCC(C2CCC(CCC)CC2)CC1. The van der Waals surface area contributed by atoms with Crippen LogP contribution in [0.5, 0.6) is 0 Å². The highest BCUT2D eigenvalue weighted by Crippen LogP contribution is 2.40. The molecule has 2 saturated carbocycles. The van der Waals surface area contributed by atoms with Crippen molar-refractivity contribution in [2.45, 2.75) is 84.1 Å². The molecule has 0 aliphatic heterocycles. The minimum atomic E-state index is 0.0403. The number of hydrogen-bond acceptors (Lipinski definition) is 1. The van der Waals surface area contributed by atoms with E-state index in [1.54, 1.807) is 6.92 Å². The van der Waals surface area contributed by atoms with Gasteiger partial charge in [-0.3, -0.25) is 4.79 Å². The van der Waals surface area contributed by atoms with Crippen LogP contribution in [0.15, 0.2) is 12.2 Å². The molecule has 0 radical (unpaired) electrons. The second-order valence-electron chi connectivity index (χ2n) is 7.43.